The van der Waals surface area contributed by atoms with Gasteiger partial charge in [0.05, 0.1) is 18.0 Å². The molecule has 0 bridgehead atoms. The number of halogens is 3. The number of carbonyl (C=O) groups excluding carboxylic acids is 1. The van der Waals surface area contributed by atoms with E-state index < -0.39 is 53.9 Å². The molecule has 10 nitrogen and oxygen atoms in total. The van der Waals surface area contributed by atoms with E-state index in [1.54, 1.807) is 6.07 Å². The summed E-state index contributed by atoms with van der Waals surface area (Å²) in [4.78, 5) is 11.4. The zero-order valence-corrected chi connectivity index (χ0v) is 20.6. The minimum Gasteiger partial charge on any atom is -0.463 e. The predicted octanol–water partition coefficient (Wildman–Crippen LogP) is 2.48. The number of hydrogen-bond acceptors (Lipinski definition) is 9. The van der Waals surface area contributed by atoms with Gasteiger partial charge in [0.1, 0.15) is 42.4 Å². The molecule has 37 heavy (non-hydrogen) atoms. The molecule has 0 unspecified atom stereocenters. The van der Waals surface area contributed by atoms with Crippen molar-refractivity contribution < 1.29 is 42.2 Å². The molecule has 200 valence electrons. The SMILES string of the molecule is CC(=O)OC[C@H]1O[C@H](Cc2cc(C(C)(C)C)no2)[C@H](O)[C@@H](n2cc(-c3cc(F)c(F)c(F)c3)nn2)[C@H]1O. The lowest BCUT2D eigenvalue weighted by Gasteiger charge is -2.42. The van der Waals surface area contributed by atoms with Crippen LogP contribution in [0.3, 0.4) is 0 Å². The van der Waals surface area contributed by atoms with Crippen LogP contribution >= 0.6 is 0 Å². The molecular formula is C24H27F3N4O6. The van der Waals surface area contributed by atoms with Gasteiger partial charge >= 0.3 is 5.97 Å². The standard InChI is InChI=1S/C24H27F3N4O6/c1-11(32)35-10-18-23(34)21(22(33)17(36-18)7-13-8-19(29-37-13)24(2,3)4)31-9-16(28-30-31)12-5-14(25)20(27)15(26)6-12/h5-6,8-9,17-18,21-23,33-34H,7,10H2,1-4H3/t17-,18-,21-,22+,23+/m1/s1. The second kappa shape index (κ2) is 10.2. The van der Waals surface area contributed by atoms with Gasteiger partial charge in [-0.25, -0.2) is 17.9 Å². The van der Waals surface area contributed by atoms with Crippen LogP contribution in [-0.2, 0) is 26.1 Å². The number of rotatable bonds is 6. The summed E-state index contributed by atoms with van der Waals surface area (Å²) in [7, 11) is 0. The average molecular weight is 524 g/mol. The smallest absolute Gasteiger partial charge is 0.302 e. The average Bonchev–Trinajstić information content (AvgIpc) is 3.48. The summed E-state index contributed by atoms with van der Waals surface area (Å²) in [6.07, 6.45) is -3.45. The van der Waals surface area contributed by atoms with Crippen LogP contribution in [0.1, 0.15) is 45.2 Å². The van der Waals surface area contributed by atoms with E-state index in [9.17, 15) is 28.2 Å². The number of ether oxygens (including phenoxy) is 2. The van der Waals surface area contributed by atoms with Crippen molar-refractivity contribution in [3.05, 3.63) is 53.3 Å². The Morgan fingerprint density at radius 2 is 1.76 bits per heavy atom. The molecule has 0 amide bonds. The number of aromatic nitrogens is 4. The molecule has 2 aromatic heterocycles. The molecule has 0 spiro atoms. The summed E-state index contributed by atoms with van der Waals surface area (Å²) in [6, 6.07) is 2.10. The Kier molecular flexibility index (Phi) is 7.40. The van der Waals surface area contributed by atoms with E-state index >= 15 is 0 Å². The minimum atomic E-state index is -1.62. The van der Waals surface area contributed by atoms with Crippen molar-refractivity contribution >= 4 is 5.97 Å². The van der Waals surface area contributed by atoms with Crippen LogP contribution < -0.4 is 0 Å². The summed E-state index contributed by atoms with van der Waals surface area (Å²) in [5.41, 5.74) is 0.298. The predicted molar refractivity (Wildman–Crippen MR) is 121 cm³/mol. The number of aliphatic hydroxyl groups excluding tert-OH is 2. The Morgan fingerprint density at radius 1 is 1.11 bits per heavy atom. The summed E-state index contributed by atoms with van der Waals surface area (Å²) in [5, 5.41) is 34.0. The molecule has 5 atom stereocenters. The van der Waals surface area contributed by atoms with Crippen molar-refractivity contribution in [1.29, 1.82) is 0 Å². The highest BCUT2D eigenvalue weighted by Gasteiger charge is 2.47. The Bertz CT molecular complexity index is 1250. The molecule has 13 heteroatoms. The van der Waals surface area contributed by atoms with E-state index in [1.807, 2.05) is 20.8 Å². The van der Waals surface area contributed by atoms with Crippen LogP contribution in [0.5, 0.6) is 0 Å². The number of carbonyl (C=O) groups is 1. The van der Waals surface area contributed by atoms with Crippen molar-refractivity contribution in [3.8, 4) is 11.3 Å². The fourth-order valence-electron chi connectivity index (χ4n) is 4.07. The molecule has 1 aliphatic rings. The molecule has 1 fully saturated rings. The van der Waals surface area contributed by atoms with Gasteiger partial charge in [0.2, 0.25) is 0 Å². The van der Waals surface area contributed by atoms with Crippen molar-refractivity contribution in [2.45, 2.75) is 70.0 Å². The van der Waals surface area contributed by atoms with Crippen LogP contribution in [0.4, 0.5) is 13.2 Å². The van der Waals surface area contributed by atoms with Crippen LogP contribution in [0, 0.1) is 17.5 Å². The van der Waals surface area contributed by atoms with Crippen LogP contribution in [0.2, 0.25) is 0 Å². The summed E-state index contributed by atoms with van der Waals surface area (Å²) in [5.74, 6) is -4.60. The highest BCUT2D eigenvalue weighted by atomic mass is 19.2. The van der Waals surface area contributed by atoms with Crippen molar-refractivity contribution in [1.82, 2.24) is 20.2 Å². The van der Waals surface area contributed by atoms with Gasteiger partial charge in [0.15, 0.2) is 17.5 Å². The van der Waals surface area contributed by atoms with E-state index in [1.165, 1.54) is 13.1 Å². The Labute approximate surface area is 210 Å². The summed E-state index contributed by atoms with van der Waals surface area (Å²) >= 11 is 0. The quantitative estimate of drug-likeness (QED) is 0.369. The van der Waals surface area contributed by atoms with Gasteiger partial charge in [0, 0.05) is 30.4 Å². The second-order valence-corrected chi connectivity index (χ2v) is 9.96. The van der Waals surface area contributed by atoms with Crippen LogP contribution in [0.15, 0.2) is 28.9 Å². The maximum absolute atomic E-state index is 13.7. The van der Waals surface area contributed by atoms with Crippen LogP contribution in [-0.4, -0.2) is 67.4 Å². The highest BCUT2D eigenvalue weighted by molar-refractivity contribution is 5.65. The van der Waals surface area contributed by atoms with E-state index in [0.29, 0.717) is 11.5 Å². The number of nitrogens with zero attached hydrogens (tertiary/aromatic N) is 4. The molecule has 1 aromatic carbocycles. The molecule has 0 aliphatic carbocycles. The van der Waals surface area contributed by atoms with Crippen LogP contribution in [0.25, 0.3) is 11.3 Å². The maximum Gasteiger partial charge on any atom is 0.302 e. The normalized spacial score (nSPS) is 24.3. The third-order valence-corrected chi connectivity index (χ3v) is 6.09. The Balaban J connectivity index is 1.64. The molecular weight excluding hydrogens is 497 g/mol. The molecule has 4 rings (SSSR count). The number of benzene rings is 1. The lowest BCUT2D eigenvalue weighted by molar-refractivity contribution is -0.210. The summed E-state index contributed by atoms with van der Waals surface area (Å²) in [6.45, 7) is 6.78. The third-order valence-electron chi connectivity index (χ3n) is 6.09. The van der Waals surface area contributed by atoms with Crippen molar-refractivity contribution in [3.63, 3.8) is 0 Å². The number of hydrogen-bond donors (Lipinski definition) is 2. The zero-order chi connectivity index (χ0) is 27.1. The first-order valence-corrected chi connectivity index (χ1v) is 11.5. The van der Waals surface area contributed by atoms with E-state index in [-0.39, 0.29) is 29.7 Å². The van der Waals surface area contributed by atoms with Gasteiger partial charge in [-0.05, 0) is 12.1 Å². The van der Waals surface area contributed by atoms with Gasteiger partial charge in [-0.15, -0.1) is 5.10 Å². The van der Waals surface area contributed by atoms with Crippen molar-refractivity contribution in [2.24, 2.45) is 0 Å². The first kappa shape index (κ1) is 26.8. The van der Waals surface area contributed by atoms with Gasteiger partial charge in [0.25, 0.3) is 0 Å². The Hall–Kier alpha value is -3.29. The van der Waals surface area contributed by atoms with Crippen molar-refractivity contribution in [2.75, 3.05) is 6.61 Å². The molecule has 1 aliphatic heterocycles. The first-order valence-electron chi connectivity index (χ1n) is 11.5. The zero-order valence-electron chi connectivity index (χ0n) is 20.6. The van der Waals surface area contributed by atoms with Gasteiger partial charge in [-0.1, -0.05) is 31.1 Å². The topological polar surface area (TPSA) is 133 Å². The van der Waals surface area contributed by atoms with Gasteiger partial charge < -0.3 is 24.2 Å². The number of esters is 1. The molecule has 2 N–H and O–H groups in total. The molecule has 3 aromatic rings. The lowest BCUT2D eigenvalue weighted by Crippen LogP contribution is -2.56. The lowest BCUT2D eigenvalue weighted by atomic mass is 9.89. The summed E-state index contributed by atoms with van der Waals surface area (Å²) < 4.78 is 58.3. The molecule has 1 saturated heterocycles. The monoisotopic (exact) mass is 524 g/mol. The third kappa shape index (κ3) is 5.68. The van der Waals surface area contributed by atoms with E-state index in [2.05, 4.69) is 15.5 Å². The minimum absolute atomic E-state index is 0.0261. The fraction of sp³-hybridized carbons (Fsp3) is 0.500. The fourth-order valence-corrected chi connectivity index (χ4v) is 4.07. The number of aliphatic hydroxyl groups is 2. The molecule has 3 heterocycles. The highest BCUT2D eigenvalue weighted by Crippen LogP contribution is 2.33. The second-order valence-electron chi connectivity index (χ2n) is 9.96. The van der Waals surface area contributed by atoms with Gasteiger partial charge in [-0.2, -0.15) is 0 Å². The maximum atomic E-state index is 13.7. The van der Waals surface area contributed by atoms with E-state index in [4.69, 9.17) is 14.0 Å². The van der Waals surface area contributed by atoms with Gasteiger partial charge in [-0.3, -0.25) is 4.79 Å². The molecule has 0 saturated carbocycles. The first-order chi connectivity index (χ1) is 17.3. The largest absolute Gasteiger partial charge is 0.463 e. The Morgan fingerprint density at radius 3 is 2.35 bits per heavy atom. The van der Waals surface area contributed by atoms with E-state index in [0.717, 1.165) is 16.8 Å². The molecule has 0 radical (unpaired) electrons.